The Morgan fingerprint density at radius 2 is 1.18 bits per heavy atom. The van der Waals surface area contributed by atoms with Gasteiger partial charge in [-0.2, -0.15) is 0 Å². The number of anilines is 2. The molecule has 0 unspecified atom stereocenters. The highest BCUT2D eigenvalue weighted by Gasteiger charge is 2.11. The molecule has 0 bridgehead atoms. The molecule has 0 aliphatic heterocycles. The summed E-state index contributed by atoms with van der Waals surface area (Å²) in [7, 11) is 3.08. The average molecular weight is 376 g/mol. The number of benzene rings is 3. The minimum atomic E-state index is -0.290. The molecule has 6 nitrogen and oxygen atoms in total. The number of hydrogen-bond acceptors (Lipinski definition) is 4. The molecular formula is C22H20N2O4. The van der Waals surface area contributed by atoms with Crippen molar-refractivity contribution in [2.75, 3.05) is 24.9 Å². The first-order valence-corrected chi connectivity index (χ1v) is 8.60. The number of rotatable bonds is 6. The van der Waals surface area contributed by atoms with Gasteiger partial charge in [-0.25, -0.2) is 0 Å². The van der Waals surface area contributed by atoms with E-state index in [4.69, 9.17) is 9.47 Å². The van der Waals surface area contributed by atoms with Crippen molar-refractivity contribution < 1.29 is 19.1 Å². The van der Waals surface area contributed by atoms with Crippen molar-refractivity contribution in [3.8, 4) is 11.5 Å². The third-order valence-electron chi connectivity index (χ3n) is 4.08. The number of methoxy groups -OCH3 is 2. The quantitative estimate of drug-likeness (QED) is 0.676. The Kier molecular flexibility index (Phi) is 5.91. The molecule has 3 aromatic rings. The van der Waals surface area contributed by atoms with E-state index in [0.29, 0.717) is 34.0 Å². The van der Waals surface area contributed by atoms with Gasteiger partial charge in [0.05, 0.1) is 14.2 Å². The van der Waals surface area contributed by atoms with E-state index in [9.17, 15) is 9.59 Å². The number of hydrogen-bond donors (Lipinski definition) is 2. The molecule has 2 amide bonds. The molecule has 28 heavy (non-hydrogen) atoms. The molecule has 6 heteroatoms. The number of amides is 2. The van der Waals surface area contributed by atoms with E-state index in [2.05, 4.69) is 10.6 Å². The number of carbonyl (C=O) groups is 2. The second-order valence-electron chi connectivity index (χ2n) is 5.92. The summed E-state index contributed by atoms with van der Waals surface area (Å²) in [5.74, 6) is 0.572. The Morgan fingerprint density at radius 1 is 0.643 bits per heavy atom. The topological polar surface area (TPSA) is 76.7 Å². The Labute approximate surface area is 163 Å². The van der Waals surface area contributed by atoms with Crippen LogP contribution in [0.25, 0.3) is 0 Å². The van der Waals surface area contributed by atoms with Crippen LogP contribution in [0.2, 0.25) is 0 Å². The molecule has 0 radical (unpaired) electrons. The Morgan fingerprint density at radius 3 is 1.71 bits per heavy atom. The molecule has 0 aromatic heterocycles. The molecule has 0 aliphatic carbocycles. The lowest BCUT2D eigenvalue weighted by Gasteiger charge is -2.11. The zero-order valence-corrected chi connectivity index (χ0v) is 15.6. The summed E-state index contributed by atoms with van der Waals surface area (Å²) in [6.07, 6.45) is 0. The van der Waals surface area contributed by atoms with Crippen LogP contribution in [0.15, 0.2) is 72.8 Å². The standard InChI is InChI=1S/C22H20N2O4/c1-27-19-13-12-18(14-20(19)28-2)24-22(26)16-10-8-15(9-11-16)21(25)23-17-6-4-3-5-7-17/h3-14H,1-2H3,(H,23,25)(H,24,26). The number of nitrogens with one attached hydrogen (secondary N) is 2. The van der Waals surface area contributed by atoms with Crippen LogP contribution >= 0.6 is 0 Å². The van der Waals surface area contributed by atoms with E-state index in [1.165, 1.54) is 7.11 Å². The van der Waals surface area contributed by atoms with Gasteiger partial charge in [-0.1, -0.05) is 18.2 Å². The van der Waals surface area contributed by atoms with Gasteiger partial charge in [0, 0.05) is 28.6 Å². The van der Waals surface area contributed by atoms with E-state index < -0.39 is 0 Å². The third-order valence-corrected chi connectivity index (χ3v) is 4.08. The zero-order valence-electron chi connectivity index (χ0n) is 15.6. The normalized spacial score (nSPS) is 10.1. The largest absolute Gasteiger partial charge is 0.493 e. The van der Waals surface area contributed by atoms with E-state index >= 15 is 0 Å². The highest BCUT2D eigenvalue weighted by molar-refractivity contribution is 6.07. The van der Waals surface area contributed by atoms with Crippen LogP contribution in [-0.2, 0) is 0 Å². The Hall–Kier alpha value is -3.80. The number of para-hydroxylation sites is 1. The first-order chi connectivity index (χ1) is 13.6. The lowest BCUT2D eigenvalue weighted by Crippen LogP contribution is -2.14. The minimum Gasteiger partial charge on any atom is -0.493 e. The Bertz CT molecular complexity index is 970. The summed E-state index contributed by atoms with van der Waals surface area (Å²) in [4.78, 5) is 24.7. The number of ether oxygens (including phenoxy) is 2. The maximum atomic E-state index is 12.5. The highest BCUT2D eigenvalue weighted by atomic mass is 16.5. The third kappa shape index (κ3) is 4.48. The van der Waals surface area contributed by atoms with Gasteiger partial charge < -0.3 is 20.1 Å². The smallest absolute Gasteiger partial charge is 0.255 e. The van der Waals surface area contributed by atoms with E-state index in [-0.39, 0.29) is 11.8 Å². The van der Waals surface area contributed by atoms with Crippen molar-refractivity contribution in [2.45, 2.75) is 0 Å². The van der Waals surface area contributed by atoms with Crippen LogP contribution in [0.4, 0.5) is 11.4 Å². The van der Waals surface area contributed by atoms with Crippen molar-refractivity contribution in [2.24, 2.45) is 0 Å². The fraction of sp³-hybridized carbons (Fsp3) is 0.0909. The molecule has 142 valence electrons. The van der Waals surface area contributed by atoms with E-state index in [1.807, 2.05) is 30.3 Å². The summed E-state index contributed by atoms with van der Waals surface area (Å²) in [6.45, 7) is 0. The molecule has 3 rings (SSSR count). The van der Waals surface area contributed by atoms with Crippen LogP contribution in [0, 0.1) is 0 Å². The SMILES string of the molecule is COc1ccc(NC(=O)c2ccc(C(=O)Nc3ccccc3)cc2)cc1OC. The fourth-order valence-electron chi connectivity index (χ4n) is 2.61. The van der Waals surface area contributed by atoms with Gasteiger partial charge in [0.1, 0.15) is 0 Å². The predicted octanol–water partition coefficient (Wildman–Crippen LogP) is 4.21. The lowest BCUT2D eigenvalue weighted by molar-refractivity contribution is 0.101. The summed E-state index contributed by atoms with van der Waals surface area (Å²) in [5.41, 5.74) is 2.19. The van der Waals surface area contributed by atoms with Crippen molar-refractivity contribution in [3.63, 3.8) is 0 Å². The van der Waals surface area contributed by atoms with Crippen molar-refractivity contribution in [3.05, 3.63) is 83.9 Å². The van der Waals surface area contributed by atoms with Crippen LogP contribution in [0.1, 0.15) is 20.7 Å². The van der Waals surface area contributed by atoms with Gasteiger partial charge in [-0.15, -0.1) is 0 Å². The molecule has 3 aromatic carbocycles. The zero-order chi connectivity index (χ0) is 19.9. The maximum absolute atomic E-state index is 12.5. The van der Waals surface area contributed by atoms with Gasteiger partial charge in [-0.05, 0) is 48.5 Å². The van der Waals surface area contributed by atoms with E-state index in [0.717, 1.165) is 0 Å². The molecule has 2 N–H and O–H groups in total. The van der Waals surface area contributed by atoms with Crippen molar-refractivity contribution in [1.82, 2.24) is 0 Å². The molecule has 0 spiro atoms. The number of carbonyl (C=O) groups excluding carboxylic acids is 2. The molecule has 0 saturated carbocycles. The maximum Gasteiger partial charge on any atom is 0.255 e. The highest BCUT2D eigenvalue weighted by Crippen LogP contribution is 2.29. The van der Waals surface area contributed by atoms with Gasteiger partial charge in [-0.3, -0.25) is 9.59 Å². The summed E-state index contributed by atoms with van der Waals surface area (Å²) >= 11 is 0. The molecular weight excluding hydrogens is 356 g/mol. The summed E-state index contributed by atoms with van der Waals surface area (Å²) in [6, 6.07) is 20.7. The van der Waals surface area contributed by atoms with Crippen LogP contribution < -0.4 is 20.1 Å². The van der Waals surface area contributed by atoms with Gasteiger partial charge in [0.2, 0.25) is 0 Å². The average Bonchev–Trinajstić information content (AvgIpc) is 2.74. The molecule has 0 heterocycles. The van der Waals surface area contributed by atoms with Crippen molar-refractivity contribution >= 4 is 23.2 Å². The summed E-state index contributed by atoms with van der Waals surface area (Å²) in [5, 5.41) is 5.60. The van der Waals surface area contributed by atoms with E-state index in [1.54, 1.807) is 49.6 Å². The van der Waals surface area contributed by atoms with Gasteiger partial charge in [0.15, 0.2) is 11.5 Å². The van der Waals surface area contributed by atoms with Crippen LogP contribution in [-0.4, -0.2) is 26.0 Å². The second kappa shape index (κ2) is 8.73. The molecule has 0 atom stereocenters. The van der Waals surface area contributed by atoms with Crippen LogP contribution in [0.3, 0.4) is 0 Å². The second-order valence-corrected chi connectivity index (χ2v) is 5.92. The van der Waals surface area contributed by atoms with Gasteiger partial charge >= 0.3 is 0 Å². The monoisotopic (exact) mass is 376 g/mol. The van der Waals surface area contributed by atoms with Crippen LogP contribution in [0.5, 0.6) is 11.5 Å². The molecule has 0 fully saturated rings. The summed E-state index contributed by atoms with van der Waals surface area (Å²) < 4.78 is 10.4. The van der Waals surface area contributed by atoms with Crippen molar-refractivity contribution in [1.29, 1.82) is 0 Å². The molecule has 0 saturated heterocycles. The lowest BCUT2D eigenvalue weighted by atomic mass is 10.1. The minimum absolute atomic E-state index is 0.238. The first kappa shape index (κ1) is 19.0. The van der Waals surface area contributed by atoms with Gasteiger partial charge in [0.25, 0.3) is 11.8 Å². The predicted molar refractivity (Wildman–Crippen MR) is 108 cm³/mol. The first-order valence-electron chi connectivity index (χ1n) is 8.60. The Balaban J connectivity index is 1.67. The molecule has 0 aliphatic rings. The fourth-order valence-corrected chi connectivity index (χ4v) is 2.61.